The summed E-state index contributed by atoms with van der Waals surface area (Å²) >= 11 is 0. The molecule has 1 N–H and O–H groups in total. The molecule has 1 unspecified atom stereocenters. The minimum atomic E-state index is -0.0783. The van der Waals surface area contributed by atoms with Crippen molar-refractivity contribution in [1.29, 1.82) is 0 Å². The molecule has 1 saturated heterocycles. The van der Waals surface area contributed by atoms with Crippen LogP contribution in [0.2, 0.25) is 0 Å². The lowest BCUT2D eigenvalue weighted by Crippen LogP contribution is -2.40. The van der Waals surface area contributed by atoms with Crippen LogP contribution in [-0.4, -0.2) is 67.2 Å². The molecule has 8 nitrogen and oxygen atoms in total. The molecule has 4 rings (SSSR count). The molecule has 1 fully saturated rings. The van der Waals surface area contributed by atoms with Gasteiger partial charge in [-0.1, -0.05) is 19.9 Å². The zero-order valence-electron chi connectivity index (χ0n) is 16.7. The highest BCUT2D eigenvalue weighted by Gasteiger charge is 2.30. The highest BCUT2D eigenvalue weighted by molar-refractivity contribution is 5.93. The number of anilines is 1. The summed E-state index contributed by atoms with van der Waals surface area (Å²) in [5.74, 6) is 0.680. The number of hydrogen-bond donors (Lipinski definition) is 1. The topological polar surface area (TPSA) is 70.7 Å². The first kappa shape index (κ1) is 18.5. The number of carbonyl (C=O) groups is 1. The number of aromatic nitrogens is 4. The first-order valence-electron chi connectivity index (χ1n) is 9.86. The molecule has 0 bridgehead atoms. The SMILES string of the molecule is CCN(CC)C1CCN(C(=O)Nc2c(-c3cnn(C)c3)nc3ccccn23)C1. The average Bonchev–Trinajstić information content (AvgIpc) is 3.42. The molecule has 1 atom stereocenters. The number of urea groups is 1. The van der Waals surface area contributed by atoms with Crippen molar-refractivity contribution >= 4 is 17.5 Å². The van der Waals surface area contributed by atoms with Gasteiger partial charge in [-0.05, 0) is 31.6 Å². The molecule has 148 valence electrons. The number of pyridine rings is 1. The number of amides is 2. The summed E-state index contributed by atoms with van der Waals surface area (Å²) in [5.41, 5.74) is 2.40. The normalized spacial score (nSPS) is 17.0. The number of carbonyl (C=O) groups excluding carboxylic acids is 1. The van der Waals surface area contributed by atoms with Crippen molar-refractivity contribution in [2.45, 2.75) is 26.3 Å². The van der Waals surface area contributed by atoms with E-state index in [1.54, 1.807) is 10.9 Å². The molecule has 0 aliphatic carbocycles. The summed E-state index contributed by atoms with van der Waals surface area (Å²) in [6, 6.07) is 6.16. The molecule has 3 aromatic rings. The Morgan fingerprint density at radius 1 is 1.32 bits per heavy atom. The second-order valence-electron chi connectivity index (χ2n) is 7.18. The number of aryl methyl sites for hydroxylation is 1. The van der Waals surface area contributed by atoms with Gasteiger partial charge in [0, 0.05) is 44.1 Å². The summed E-state index contributed by atoms with van der Waals surface area (Å²) in [7, 11) is 1.87. The van der Waals surface area contributed by atoms with Crippen molar-refractivity contribution in [2.24, 2.45) is 7.05 Å². The number of hydrogen-bond acceptors (Lipinski definition) is 4. The smallest absolute Gasteiger partial charge is 0.323 e. The maximum atomic E-state index is 13.0. The van der Waals surface area contributed by atoms with E-state index in [1.165, 1.54) is 0 Å². The van der Waals surface area contributed by atoms with Crippen molar-refractivity contribution in [3.05, 3.63) is 36.8 Å². The molecular weight excluding hydrogens is 354 g/mol. The van der Waals surface area contributed by atoms with E-state index in [1.807, 2.05) is 46.9 Å². The molecule has 1 aliphatic heterocycles. The van der Waals surface area contributed by atoms with Crippen LogP contribution in [0.1, 0.15) is 20.3 Å². The fraction of sp³-hybridized carbons (Fsp3) is 0.450. The van der Waals surface area contributed by atoms with E-state index in [-0.39, 0.29) is 6.03 Å². The first-order valence-corrected chi connectivity index (χ1v) is 9.86. The number of rotatable bonds is 5. The third-order valence-corrected chi connectivity index (χ3v) is 5.51. The highest BCUT2D eigenvalue weighted by Crippen LogP contribution is 2.29. The summed E-state index contributed by atoms with van der Waals surface area (Å²) in [5, 5.41) is 7.36. The van der Waals surface area contributed by atoms with Crippen LogP contribution in [0, 0.1) is 0 Å². The van der Waals surface area contributed by atoms with Gasteiger partial charge < -0.3 is 4.90 Å². The Morgan fingerprint density at radius 2 is 2.14 bits per heavy atom. The Labute approximate surface area is 164 Å². The molecule has 1 aliphatic rings. The van der Waals surface area contributed by atoms with Crippen molar-refractivity contribution in [3.8, 4) is 11.3 Å². The van der Waals surface area contributed by atoms with Gasteiger partial charge in [0.15, 0.2) is 0 Å². The van der Waals surface area contributed by atoms with Gasteiger partial charge in [-0.3, -0.25) is 19.3 Å². The molecule has 0 spiro atoms. The van der Waals surface area contributed by atoms with Crippen molar-refractivity contribution < 1.29 is 4.79 Å². The maximum Gasteiger partial charge on any atom is 0.323 e. The summed E-state index contributed by atoms with van der Waals surface area (Å²) in [4.78, 5) is 22.1. The van der Waals surface area contributed by atoms with E-state index in [2.05, 4.69) is 29.2 Å². The third kappa shape index (κ3) is 3.35. The second-order valence-corrected chi connectivity index (χ2v) is 7.18. The molecule has 28 heavy (non-hydrogen) atoms. The van der Waals surface area contributed by atoms with Crippen LogP contribution >= 0.6 is 0 Å². The fourth-order valence-electron chi connectivity index (χ4n) is 4.00. The minimum absolute atomic E-state index is 0.0783. The number of likely N-dealkylation sites (N-methyl/N-ethyl adjacent to an activating group) is 1. The van der Waals surface area contributed by atoms with Gasteiger partial charge >= 0.3 is 6.03 Å². The Bertz CT molecular complexity index is 972. The van der Waals surface area contributed by atoms with Crippen LogP contribution < -0.4 is 5.32 Å². The van der Waals surface area contributed by atoms with E-state index in [0.717, 1.165) is 49.5 Å². The van der Waals surface area contributed by atoms with Gasteiger partial charge in [0.1, 0.15) is 17.2 Å². The van der Waals surface area contributed by atoms with Crippen LogP contribution in [0.25, 0.3) is 16.9 Å². The van der Waals surface area contributed by atoms with E-state index < -0.39 is 0 Å². The highest BCUT2D eigenvalue weighted by atomic mass is 16.2. The van der Waals surface area contributed by atoms with Crippen molar-refractivity contribution in [1.82, 2.24) is 29.0 Å². The largest absolute Gasteiger partial charge is 0.323 e. The Kier molecular flexibility index (Phi) is 5.04. The minimum Gasteiger partial charge on any atom is -0.323 e. The molecule has 4 heterocycles. The molecule has 0 saturated carbocycles. The number of likely N-dealkylation sites (tertiary alicyclic amines) is 1. The van der Waals surface area contributed by atoms with E-state index in [4.69, 9.17) is 4.98 Å². The molecule has 8 heteroatoms. The van der Waals surface area contributed by atoms with Gasteiger partial charge in [-0.15, -0.1) is 0 Å². The molecular formula is C20H27N7O. The molecule has 2 amide bonds. The van der Waals surface area contributed by atoms with Gasteiger partial charge in [0.05, 0.1) is 6.20 Å². The Balaban J connectivity index is 1.60. The maximum absolute atomic E-state index is 13.0. The average molecular weight is 381 g/mol. The number of imidazole rings is 1. The van der Waals surface area contributed by atoms with Crippen molar-refractivity contribution in [2.75, 3.05) is 31.5 Å². The zero-order chi connectivity index (χ0) is 19.7. The van der Waals surface area contributed by atoms with Crippen LogP contribution in [0.3, 0.4) is 0 Å². The van der Waals surface area contributed by atoms with E-state index in [9.17, 15) is 4.79 Å². The molecule has 0 radical (unpaired) electrons. The quantitative estimate of drug-likeness (QED) is 0.738. The Morgan fingerprint density at radius 3 is 2.86 bits per heavy atom. The van der Waals surface area contributed by atoms with E-state index in [0.29, 0.717) is 11.9 Å². The number of nitrogens with one attached hydrogen (secondary N) is 1. The standard InChI is InChI=1S/C20H27N7O/c1-4-25(5-2)16-9-11-26(14-16)20(28)23-19-18(15-12-21-24(3)13-15)22-17-8-6-7-10-27(17)19/h6-8,10,12-13,16H,4-5,9,11,14H2,1-3H3,(H,23,28). The summed E-state index contributed by atoms with van der Waals surface area (Å²) in [6.07, 6.45) is 6.60. The van der Waals surface area contributed by atoms with Gasteiger partial charge in [-0.2, -0.15) is 5.10 Å². The zero-order valence-corrected chi connectivity index (χ0v) is 16.7. The van der Waals surface area contributed by atoms with Gasteiger partial charge in [0.25, 0.3) is 0 Å². The first-order chi connectivity index (χ1) is 13.6. The van der Waals surface area contributed by atoms with Crippen LogP contribution in [0.5, 0.6) is 0 Å². The summed E-state index contributed by atoms with van der Waals surface area (Å²) in [6.45, 7) is 7.89. The monoisotopic (exact) mass is 381 g/mol. The lowest BCUT2D eigenvalue weighted by Gasteiger charge is -2.26. The van der Waals surface area contributed by atoms with Crippen LogP contribution in [0.15, 0.2) is 36.8 Å². The van der Waals surface area contributed by atoms with Crippen molar-refractivity contribution in [3.63, 3.8) is 0 Å². The lowest BCUT2D eigenvalue weighted by molar-refractivity contribution is 0.202. The van der Waals surface area contributed by atoms with Crippen LogP contribution in [0.4, 0.5) is 10.6 Å². The number of fused-ring (bicyclic) bond motifs is 1. The predicted octanol–water partition coefficient (Wildman–Crippen LogP) is 2.68. The Hall–Kier alpha value is -2.87. The van der Waals surface area contributed by atoms with E-state index >= 15 is 0 Å². The predicted molar refractivity (Wildman–Crippen MR) is 109 cm³/mol. The molecule has 3 aromatic heterocycles. The van der Waals surface area contributed by atoms with Gasteiger partial charge in [-0.25, -0.2) is 9.78 Å². The van der Waals surface area contributed by atoms with Gasteiger partial charge in [0.2, 0.25) is 0 Å². The molecule has 0 aromatic carbocycles. The summed E-state index contributed by atoms with van der Waals surface area (Å²) < 4.78 is 3.65. The third-order valence-electron chi connectivity index (χ3n) is 5.51. The second kappa shape index (κ2) is 7.63. The number of nitrogens with zero attached hydrogens (tertiary/aromatic N) is 6. The fourth-order valence-corrected chi connectivity index (χ4v) is 4.00. The lowest BCUT2D eigenvalue weighted by atomic mass is 10.2. The van der Waals surface area contributed by atoms with Crippen LogP contribution in [-0.2, 0) is 7.05 Å².